The molecular formula is C20H26N2O2. The van der Waals surface area contributed by atoms with Gasteiger partial charge in [-0.15, -0.1) is 0 Å². The van der Waals surface area contributed by atoms with Gasteiger partial charge in [-0.05, 0) is 63.2 Å². The van der Waals surface area contributed by atoms with Crippen LogP contribution in [0.3, 0.4) is 0 Å². The Morgan fingerprint density at radius 3 is 2.62 bits per heavy atom. The molecule has 1 atom stereocenters. The maximum atomic E-state index is 12.0. The Balaban J connectivity index is 1.94. The number of para-hydroxylation sites is 1. The average Bonchev–Trinajstić information content (AvgIpc) is 2.53. The van der Waals surface area contributed by atoms with E-state index >= 15 is 0 Å². The molecule has 4 heteroatoms. The Morgan fingerprint density at radius 2 is 2.00 bits per heavy atom. The summed E-state index contributed by atoms with van der Waals surface area (Å²) in [6.07, 6.45) is 3.96. The van der Waals surface area contributed by atoms with E-state index in [4.69, 9.17) is 4.74 Å². The first-order valence-corrected chi connectivity index (χ1v) is 8.25. The first-order chi connectivity index (χ1) is 11.4. The predicted molar refractivity (Wildman–Crippen MR) is 98.3 cm³/mol. The molecule has 2 rings (SSSR count). The fraction of sp³-hybridized carbons (Fsp3) is 0.400. The highest BCUT2D eigenvalue weighted by Gasteiger charge is 2.18. The lowest BCUT2D eigenvalue weighted by Crippen LogP contribution is -2.27. The van der Waals surface area contributed by atoms with Crippen LogP contribution in [-0.4, -0.2) is 18.2 Å². The van der Waals surface area contributed by atoms with Crippen molar-refractivity contribution in [2.75, 3.05) is 6.61 Å². The second-order valence-corrected chi connectivity index (χ2v) is 6.47. The maximum absolute atomic E-state index is 12.0. The number of nitrogens with one attached hydrogen (secondary N) is 1. The van der Waals surface area contributed by atoms with E-state index < -0.39 is 0 Å². The summed E-state index contributed by atoms with van der Waals surface area (Å²) in [5.74, 6) is 0.905. The Hall–Kier alpha value is -2.36. The summed E-state index contributed by atoms with van der Waals surface area (Å²) in [6.45, 7) is 12.0. The van der Waals surface area contributed by atoms with Gasteiger partial charge in [0.15, 0.2) is 6.61 Å². The van der Waals surface area contributed by atoms with Crippen molar-refractivity contribution in [1.82, 2.24) is 5.43 Å². The van der Waals surface area contributed by atoms with Gasteiger partial charge in [-0.25, -0.2) is 5.43 Å². The molecule has 0 heterocycles. The SMILES string of the molecule is C=C(C)C1CC=C(C)/C(=N\NC(=O)COc2c(C)cccc2C)C1. The number of benzene rings is 1. The lowest BCUT2D eigenvalue weighted by molar-refractivity contribution is -0.123. The molecule has 0 aromatic heterocycles. The van der Waals surface area contributed by atoms with Crippen molar-refractivity contribution in [2.45, 2.75) is 40.5 Å². The van der Waals surface area contributed by atoms with Crippen molar-refractivity contribution >= 4 is 11.6 Å². The van der Waals surface area contributed by atoms with Crippen LogP contribution in [0.5, 0.6) is 5.75 Å². The summed E-state index contributed by atoms with van der Waals surface area (Å²) in [4.78, 5) is 12.0. The number of aryl methyl sites for hydroxylation is 2. The van der Waals surface area contributed by atoms with Gasteiger partial charge < -0.3 is 4.74 Å². The zero-order valence-corrected chi connectivity index (χ0v) is 15.0. The molecule has 1 aliphatic rings. The average molecular weight is 326 g/mol. The van der Waals surface area contributed by atoms with Gasteiger partial charge in [0.1, 0.15) is 5.75 Å². The van der Waals surface area contributed by atoms with Crippen molar-refractivity contribution in [3.05, 3.63) is 53.1 Å². The predicted octanol–water partition coefficient (Wildman–Crippen LogP) is 4.09. The second kappa shape index (κ2) is 7.95. The summed E-state index contributed by atoms with van der Waals surface area (Å²) in [6, 6.07) is 5.91. The van der Waals surface area contributed by atoms with Gasteiger partial charge in [0, 0.05) is 0 Å². The third-order valence-corrected chi connectivity index (χ3v) is 4.37. The minimum absolute atomic E-state index is 0.0465. The van der Waals surface area contributed by atoms with Crippen LogP contribution in [0.15, 0.2) is 47.1 Å². The first kappa shape index (κ1) is 18.0. The minimum Gasteiger partial charge on any atom is -0.483 e. The van der Waals surface area contributed by atoms with E-state index in [0.29, 0.717) is 5.92 Å². The third-order valence-electron chi connectivity index (χ3n) is 4.37. The molecule has 1 aromatic rings. The van der Waals surface area contributed by atoms with Crippen LogP contribution in [0.1, 0.15) is 37.8 Å². The van der Waals surface area contributed by atoms with E-state index in [-0.39, 0.29) is 12.5 Å². The van der Waals surface area contributed by atoms with Crippen LogP contribution in [-0.2, 0) is 4.79 Å². The van der Waals surface area contributed by atoms with E-state index in [1.807, 2.05) is 45.9 Å². The molecule has 0 fully saturated rings. The Kier molecular flexibility index (Phi) is 5.96. The molecule has 1 aromatic carbocycles. The largest absolute Gasteiger partial charge is 0.483 e. The van der Waals surface area contributed by atoms with Gasteiger partial charge in [-0.1, -0.05) is 36.4 Å². The van der Waals surface area contributed by atoms with Gasteiger partial charge in [0.25, 0.3) is 5.91 Å². The molecule has 1 N–H and O–H groups in total. The van der Waals surface area contributed by atoms with E-state index in [0.717, 1.165) is 46.6 Å². The van der Waals surface area contributed by atoms with Crippen LogP contribution in [0, 0.1) is 19.8 Å². The van der Waals surface area contributed by atoms with Gasteiger partial charge in [0.05, 0.1) is 5.71 Å². The minimum atomic E-state index is -0.254. The lowest BCUT2D eigenvalue weighted by atomic mass is 9.85. The molecular weight excluding hydrogens is 300 g/mol. The maximum Gasteiger partial charge on any atom is 0.277 e. The third kappa shape index (κ3) is 4.57. The summed E-state index contributed by atoms with van der Waals surface area (Å²) >= 11 is 0. The van der Waals surface area contributed by atoms with Gasteiger partial charge in [-0.3, -0.25) is 4.79 Å². The number of hydrogen-bond acceptors (Lipinski definition) is 3. The second-order valence-electron chi connectivity index (χ2n) is 6.47. The van der Waals surface area contributed by atoms with Crippen molar-refractivity contribution in [3.63, 3.8) is 0 Å². The molecule has 0 saturated heterocycles. The summed E-state index contributed by atoms with van der Waals surface area (Å²) < 4.78 is 5.65. The number of ether oxygens (including phenoxy) is 1. The van der Waals surface area contributed by atoms with E-state index in [1.54, 1.807) is 0 Å². The molecule has 1 amide bonds. The summed E-state index contributed by atoms with van der Waals surface area (Å²) in [5, 5.41) is 4.28. The van der Waals surface area contributed by atoms with E-state index in [9.17, 15) is 4.79 Å². The molecule has 0 bridgehead atoms. The number of carbonyl (C=O) groups is 1. The number of allylic oxidation sites excluding steroid dienone is 3. The fourth-order valence-electron chi connectivity index (χ4n) is 2.75. The molecule has 0 aliphatic heterocycles. The number of hydrogen-bond donors (Lipinski definition) is 1. The van der Waals surface area contributed by atoms with Crippen molar-refractivity contribution in [2.24, 2.45) is 11.0 Å². The lowest BCUT2D eigenvalue weighted by Gasteiger charge is -2.22. The molecule has 1 aliphatic carbocycles. The number of hydrazone groups is 1. The smallest absolute Gasteiger partial charge is 0.277 e. The Morgan fingerprint density at radius 1 is 1.33 bits per heavy atom. The molecule has 0 spiro atoms. The highest BCUT2D eigenvalue weighted by atomic mass is 16.5. The molecule has 0 saturated carbocycles. The standard InChI is InChI=1S/C20H26N2O2/c1-13(2)17-10-9-14(3)18(11-17)21-22-19(23)12-24-20-15(4)7-6-8-16(20)5/h6-9,17H,1,10-12H2,2-5H3,(H,22,23)/b21-18-. The van der Waals surface area contributed by atoms with Crippen molar-refractivity contribution in [3.8, 4) is 5.75 Å². The zero-order chi connectivity index (χ0) is 17.7. The first-order valence-electron chi connectivity index (χ1n) is 8.25. The molecule has 0 radical (unpaired) electrons. The summed E-state index contributed by atoms with van der Waals surface area (Å²) in [5.41, 5.74) is 7.82. The van der Waals surface area contributed by atoms with Crippen LogP contribution < -0.4 is 10.2 Å². The molecule has 4 nitrogen and oxygen atoms in total. The van der Waals surface area contributed by atoms with Gasteiger partial charge >= 0.3 is 0 Å². The highest BCUT2D eigenvalue weighted by molar-refractivity contribution is 6.01. The fourth-order valence-corrected chi connectivity index (χ4v) is 2.75. The quantitative estimate of drug-likeness (QED) is 0.654. The van der Waals surface area contributed by atoms with Crippen LogP contribution in [0.25, 0.3) is 0 Å². The summed E-state index contributed by atoms with van der Waals surface area (Å²) in [7, 11) is 0. The topological polar surface area (TPSA) is 50.7 Å². The Labute approximate surface area is 144 Å². The zero-order valence-electron chi connectivity index (χ0n) is 15.0. The van der Waals surface area contributed by atoms with Crippen LogP contribution in [0.2, 0.25) is 0 Å². The number of amides is 1. The van der Waals surface area contributed by atoms with Crippen molar-refractivity contribution in [1.29, 1.82) is 0 Å². The number of rotatable bonds is 5. The molecule has 1 unspecified atom stereocenters. The van der Waals surface area contributed by atoms with Crippen LogP contribution >= 0.6 is 0 Å². The van der Waals surface area contributed by atoms with E-state index in [1.165, 1.54) is 0 Å². The molecule has 24 heavy (non-hydrogen) atoms. The normalized spacial score (nSPS) is 18.9. The van der Waals surface area contributed by atoms with Gasteiger partial charge in [-0.2, -0.15) is 5.10 Å². The van der Waals surface area contributed by atoms with Crippen LogP contribution in [0.4, 0.5) is 0 Å². The van der Waals surface area contributed by atoms with Crippen molar-refractivity contribution < 1.29 is 9.53 Å². The molecule has 128 valence electrons. The Bertz CT molecular complexity index is 681. The van der Waals surface area contributed by atoms with E-state index in [2.05, 4.69) is 23.2 Å². The number of carbonyl (C=O) groups excluding carboxylic acids is 1. The number of nitrogens with zero attached hydrogens (tertiary/aromatic N) is 1. The van der Waals surface area contributed by atoms with Gasteiger partial charge in [0.2, 0.25) is 0 Å². The highest BCUT2D eigenvalue weighted by Crippen LogP contribution is 2.26. The monoisotopic (exact) mass is 326 g/mol.